The Hall–Kier alpha value is -2.28. The van der Waals surface area contributed by atoms with E-state index in [0.717, 1.165) is 56.4 Å². The summed E-state index contributed by atoms with van der Waals surface area (Å²) in [4.78, 5) is 26.0. The molecule has 1 aliphatic carbocycles. The maximum absolute atomic E-state index is 12.5. The molecule has 148 valence electrons. The maximum Gasteiger partial charge on any atom is 0.229 e. The van der Waals surface area contributed by atoms with E-state index in [1.807, 2.05) is 23.1 Å². The molecule has 1 saturated carbocycles. The summed E-state index contributed by atoms with van der Waals surface area (Å²) in [5.41, 5.74) is 1.13. The summed E-state index contributed by atoms with van der Waals surface area (Å²) in [6.45, 7) is 4.22. The molecule has 28 heavy (non-hydrogen) atoms. The summed E-state index contributed by atoms with van der Waals surface area (Å²) in [5.74, 6) is 2.36. The Morgan fingerprint density at radius 2 is 2.11 bits per heavy atom. The lowest BCUT2D eigenvalue weighted by Crippen LogP contribution is -2.53. The predicted molar refractivity (Wildman–Crippen MR) is 102 cm³/mol. The number of piperidine rings is 2. The fourth-order valence-electron chi connectivity index (χ4n) is 4.74. The van der Waals surface area contributed by atoms with Gasteiger partial charge >= 0.3 is 0 Å². The third kappa shape index (κ3) is 3.81. The number of rotatable bonds is 5. The fourth-order valence-corrected chi connectivity index (χ4v) is 4.74. The number of carbonyl (C=O) groups excluding carboxylic acids is 1. The quantitative estimate of drug-likeness (QED) is 0.793. The second kappa shape index (κ2) is 7.28. The lowest BCUT2D eigenvalue weighted by Gasteiger charge is -2.48. The second-order valence-corrected chi connectivity index (χ2v) is 8.71. The van der Waals surface area contributed by atoms with Crippen molar-refractivity contribution in [2.24, 2.45) is 5.41 Å². The molecule has 2 aliphatic heterocycles. The van der Waals surface area contributed by atoms with E-state index < -0.39 is 0 Å². The zero-order chi connectivity index (χ0) is 19.0. The number of hydrogen-bond donors (Lipinski definition) is 0. The molecule has 0 aromatic carbocycles. The van der Waals surface area contributed by atoms with Gasteiger partial charge in [-0.15, -0.1) is 0 Å². The van der Waals surface area contributed by atoms with Crippen LogP contribution in [0.4, 0.5) is 0 Å². The minimum absolute atomic E-state index is 0.171. The zero-order valence-electron chi connectivity index (χ0n) is 16.2. The summed E-state index contributed by atoms with van der Waals surface area (Å²) in [5, 5.41) is 4.19. The van der Waals surface area contributed by atoms with Gasteiger partial charge in [0.05, 0.1) is 18.8 Å². The van der Waals surface area contributed by atoms with E-state index >= 15 is 0 Å². The van der Waals surface area contributed by atoms with Crippen LogP contribution in [0.25, 0.3) is 0 Å². The summed E-state index contributed by atoms with van der Waals surface area (Å²) < 4.78 is 5.42. The zero-order valence-corrected chi connectivity index (χ0v) is 16.2. The number of pyridine rings is 1. The molecule has 3 fully saturated rings. The van der Waals surface area contributed by atoms with Crippen LogP contribution in [0.15, 0.2) is 28.9 Å². The van der Waals surface area contributed by atoms with E-state index in [9.17, 15) is 4.79 Å². The molecule has 2 aromatic heterocycles. The average Bonchev–Trinajstić information content (AvgIpc) is 3.46. The largest absolute Gasteiger partial charge is 0.339 e. The van der Waals surface area contributed by atoms with Crippen molar-refractivity contribution in [2.45, 2.75) is 57.5 Å². The molecular weight excluding hydrogens is 354 g/mol. The lowest BCUT2D eigenvalue weighted by molar-refractivity contribution is -0.140. The molecule has 4 heterocycles. The first-order valence-electron chi connectivity index (χ1n) is 10.4. The maximum atomic E-state index is 12.5. The molecule has 7 nitrogen and oxygen atoms in total. The minimum Gasteiger partial charge on any atom is -0.339 e. The molecule has 0 radical (unpaired) electrons. The van der Waals surface area contributed by atoms with Crippen molar-refractivity contribution in [3.63, 3.8) is 0 Å². The molecule has 1 spiro atoms. The Labute approximate surface area is 165 Å². The highest BCUT2D eigenvalue weighted by molar-refractivity contribution is 5.77. The van der Waals surface area contributed by atoms with E-state index in [2.05, 4.69) is 20.0 Å². The van der Waals surface area contributed by atoms with Gasteiger partial charge in [-0.3, -0.25) is 14.7 Å². The van der Waals surface area contributed by atoms with E-state index in [1.54, 1.807) is 6.20 Å². The molecule has 0 N–H and O–H groups in total. The van der Waals surface area contributed by atoms with Gasteiger partial charge in [-0.2, -0.15) is 4.98 Å². The van der Waals surface area contributed by atoms with Crippen LogP contribution in [0.5, 0.6) is 0 Å². The van der Waals surface area contributed by atoms with Gasteiger partial charge in [-0.1, -0.05) is 11.2 Å². The summed E-state index contributed by atoms with van der Waals surface area (Å²) >= 11 is 0. The van der Waals surface area contributed by atoms with Crippen molar-refractivity contribution in [1.29, 1.82) is 0 Å². The number of carbonyl (C=O) groups is 1. The van der Waals surface area contributed by atoms with Gasteiger partial charge in [0.25, 0.3) is 0 Å². The molecule has 0 unspecified atom stereocenters. The van der Waals surface area contributed by atoms with Crippen LogP contribution < -0.4 is 0 Å². The van der Waals surface area contributed by atoms with Crippen LogP contribution >= 0.6 is 0 Å². The van der Waals surface area contributed by atoms with Gasteiger partial charge in [-0.25, -0.2) is 0 Å². The monoisotopic (exact) mass is 381 g/mol. The highest BCUT2D eigenvalue weighted by Crippen LogP contribution is 2.40. The van der Waals surface area contributed by atoms with E-state index in [0.29, 0.717) is 18.9 Å². The third-order valence-corrected chi connectivity index (χ3v) is 6.34. The second-order valence-electron chi connectivity index (χ2n) is 8.71. The van der Waals surface area contributed by atoms with Gasteiger partial charge in [0.2, 0.25) is 11.8 Å². The first kappa shape index (κ1) is 17.8. The fraction of sp³-hybridized carbons (Fsp3) is 0.619. The third-order valence-electron chi connectivity index (χ3n) is 6.34. The van der Waals surface area contributed by atoms with E-state index in [1.165, 1.54) is 19.3 Å². The molecule has 1 amide bonds. The normalized spacial score (nSPS) is 26.1. The van der Waals surface area contributed by atoms with Crippen molar-refractivity contribution in [3.8, 4) is 0 Å². The van der Waals surface area contributed by atoms with Crippen molar-refractivity contribution < 1.29 is 9.32 Å². The first-order chi connectivity index (χ1) is 13.7. The van der Waals surface area contributed by atoms with Crippen molar-refractivity contribution in [2.75, 3.05) is 19.6 Å². The molecule has 1 atom stereocenters. The highest BCUT2D eigenvalue weighted by atomic mass is 16.5. The van der Waals surface area contributed by atoms with Crippen LogP contribution in [0.3, 0.4) is 0 Å². The van der Waals surface area contributed by atoms with Crippen LogP contribution in [0.2, 0.25) is 0 Å². The van der Waals surface area contributed by atoms with Crippen molar-refractivity contribution in [3.05, 3.63) is 41.8 Å². The highest BCUT2D eigenvalue weighted by Gasteiger charge is 2.42. The summed E-state index contributed by atoms with van der Waals surface area (Å²) in [6, 6.07) is 5.89. The van der Waals surface area contributed by atoms with E-state index in [4.69, 9.17) is 4.52 Å². The summed E-state index contributed by atoms with van der Waals surface area (Å²) in [6.07, 6.45) is 8.08. The van der Waals surface area contributed by atoms with Crippen molar-refractivity contribution >= 4 is 5.91 Å². The first-order valence-corrected chi connectivity index (χ1v) is 10.4. The van der Waals surface area contributed by atoms with Gasteiger partial charge in [-0.05, 0) is 50.8 Å². The lowest BCUT2D eigenvalue weighted by atomic mass is 9.73. The number of likely N-dealkylation sites (tertiary alicyclic amines) is 2. The molecule has 7 heteroatoms. The Kier molecular flexibility index (Phi) is 4.62. The Bertz CT molecular complexity index is 834. The molecule has 2 saturated heterocycles. The summed E-state index contributed by atoms with van der Waals surface area (Å²) in [7, 11) is 0. The number of amides is 1. The van der Waals surface area contributed by atoms with Gasteiger partial charge in [0.1, 0.15) is 0 Å². The molecular formula is C21H27N5O2. The van der Waals surface area contributed by atoms with Gasteiger partial charge < -0.3 is 9.42 Å². The molecule has 5 rings (SSSR count). The van der Waals surface area contributed by atoms with Crippen LogP contribution in [-0.2, 0) is 17.9 Å². The molecule has 2 aromatic rings. The Balaban J connectivity index is 1.25. The van der Waals surface area contributed by atoms with Gasteiger partial charge in [0, 0.05) is 37.0 Å². The molecule has 0 bridgehead atoms. The number of hydrogen-bond acceptors (Lipinski definition) is 6. The average molecular weight is 381 g/mol. The number of aromatic nitrogens is 3. The van der Waals surface area contributed by atoms with Gasteiger partial charge in [0.15, 0.2) is 5.82 Å². The smallest absolute Gasteiger partial charge is 0.229 e. The minimum atomic E-state index is 0.171. The topological polar surface area (TPSA) is 75.4 Å². The van der Waals surface area contributed by atoms with E-state index in [-0.39, 0.29) is 11.3 Å². The van der Waals surface area contributed by atoms with Crippen LogP contribution in [0.1, 0.15) is 61.9 Å². The SMILES string of the molecule is O=C1CC[C@@]2(CCCN(Cc3noc(C4CC4)n3)C2)CN1Cc1ccccn1. The van der Waals surface area contributed by atoms with Crippen LogP contribution in [0, 0.1) is 5.41 Å². The number of nitrogens with zero attached hydrogens (tertiary/aromatic N) is 5. The Morgan fingerprint density at radius 1 is 1.18 bits per heavy atom. The Morgan fingerprint density at radius 3 is 2.93 bits per heavy atom. The van der Waals surface area contributed by atoms with Crippen molar-refractivity contribution in [1.82, 2.24) is 24.9 Å². The van der Waals surface area contributed by atoms with Crippen LogP contribution in [-0.4, -0.2) is 50.5 Å². The molecule has 3 aliphatic rings. The standard InChI is InChI=1S/C21H27N5O2/c27-19-7-9-21(15-26(19)12-17-4-1-2-10-22-17)8-3-11-25(14-21)13-18-23-20(28-24-18)16-5-6-16/h1-2,4,10,16H,3,5-9,11-15H2/t21-/m1/s1. The predicted octanol–water partition coefficient (Wildman–Crippen LogP) is 2.75.